The highest BCUT2D eigenvalue weighted by Gasteiger charge is 2.23. The number of amides is 2. The van der Waals surface area contributed by atoms with E-state index in [1.165, 1.54) is 16.7 Å². The molecule has 0 unspecified atom stereocenters. The molecule has 2 atom stereocenters. The van der Waals surface area contributed by atoms with Gasteiger partial charge < -0.3 is 10.2 Å². The first-order valence-electron chi connectivity index (χ1n) is 7.84. The van der Waals surface area contributed by atoms with E-state index in [1.54, 1.807) is 6.26 Å². The average Bonchev–Trinajstić information content (AvgIpc) is 2.44. The van der Waals surface area contributed by atoms with E-state index in [0.717, 1.165) is 13.0 Å². The third-order valence-corrected chi connectivity index (χ3v) is 5.04. The molecular formula is C17H26N2O2S. The molecule has 0 saturated carbocycles. The lowest BCUT2D eigenvalue weighted by Crippen LogP contribution is -2.47. The van der Waals surface area contributed by atoms with Gasteiger partial charge in [-0.05, 0) is 36.0 Å². The Kier molecular flexibility index (Phi) is 5.62. The van der Waals surface area contributed by atoms with Crippen molar-refractivity contribution in [3.63, 3.8) is 0 Å². The summed E-state index contributed by atoms with van der Waals surface area (Å²) < 4.78 is 11.2. The van der Waals surface area contributed by atoms with Crippen LogP contribution in [0.4, 0.5) is 4.79 Å². The average molecular weight is 322 g/mol. The van der Waals surface area contributed by atoms with Crippen LogP contribution in [0.15, 0.2) is 18.2 Å². The summed E-state index contributed by atoms with van der Waals surface area (Å²) in [7, 11) is -0.895. The van der Waals surface area contributed by atoms with Gasteiger partial charge in [-0.15, -0.1) is 0 Å². The van der Waals surface area contributed by atoms with Gasteiger partial charge in [-0.1, -0.05) is 32.0 Å². The Morgan fingerprint density at radius 2 is 2.09 bits per heavy atom. The van der Waals surface area contributed by atoms with Gasteiger partial charge in [-0.25, -0.2) is 4.79 Å². The summed E-state index contributed by atoms with van der Waals surface area (Å²) in [5.74, 6) is 1.00. The number of rotatable bonds is 4. The van der Waals surface area contributed by atoms with E-state index in [1.807, 2.05) is 11.8 Å². The highest BCUT2D eigenvalue weighted by molar-refractivity contribution is 7.84. The fraction of sp³-hybridized carbons (Fsp3) is 0.588. The van der Waals surface area contributed by atoms with Crippen molar-refractivity contribution < 1.29 is 9.00 Å². The Morgan fingerprint density at radius 1 is 1.36 bits per heavy atom. The normalized spacial score (nSPS) is 17.0. The van der Waals surface area contributed by atoms with Crippen LogP contribution < -0.4 is 5.32 Å². The summed E-state index contributed by atoms with van der Waals surface area (Å²) in [5, 5.41) is 2.94. The molecule has 122 valence electrons. The summed E-state index contributed by atoms with van der Waals surface area (Å²) in [4.78, 5) is 14.2. The highest BCUT2D eigenvalue weighted by Crippen LogP contribution is 2.27. The zero-order valence-corrected chi connectivity index (χ0v) is 14.7. The standard InChI is InChI=1S/C17H26N2O2S/c1-12(2)15-7-5-6-14-10-19(9-8-16(14)15)17(20)18-13(3)11-22(4)21/h5-7,12-13H,8-11H2,1-4H3,(H,18,20)/t13-,22-/m1/s1. The van der Waals surface area contributed by atoms with Gasteiger partial charge in [-0.3, -0.25) is 4.21 Å². The largest absolute Gasteiger partial charge is 0.335 e. The number of carbonyl (C=O) groups excluding carboxylic acids is 1. The minimum atomic E-state index is -0.895. The van der Waals surface area contributed by atoms with E-state index in [0.29, 0.717) is 18.2 Å². The van der Waals surface area contributed by atoms with Crippen LogP contribution in [0.2, 0.25) is 0 Å². The molecule has 1 aromatic carbocycles. The topological polar surface area (TPSA) is 49.4 Å². The van der Waals surface area contributed by atoms with E-state index in [2.05, 4.69) is 37.4 Å². The lowest BCUT2D eigenvalue weighted by atomic mass is 9.89. The molecule has 5 heteroatoms. The molecule has 1 aliphatic rings. The predicted molar refractivity (Wildman–Crippen MR) is 91.6 cm³/mol. The van der Waals surface area contributed by atoms with Crippen molar-refractivity contribution in [2.75, 3.05) is 18.6 Å². The molecule has 22 heavy (non-hydrogen) atoms. The van der Waals surface area contributed by atoms with Crippen molar-refractivity contribution in [1.29, 1.82) is 0 Å². The molecular weight excluding hydrogens is 296 g/mol. The predicted octanol–water partition coefficient (Wildman–Crippen LogP) is 2.64. The zero-order valence-electron chi connectivity index (χ0n) is 13.9. The van der Waals surface area contributed by atoms with Crippen LogP contribution >= 0.6 is 0 Å². The van der Waals surface area contributed by atoms with Crippen LogP contribution in [0.3, 0.4) is 0 Å². The third kappa shape index (κ3) is 4.09. The molecule has 0 radical (unpaired) electrons. The highest BCUT2D eigenvalue weighted by atomic mass is 32.2. The monoisotopic (exact) mass is 322 g/mol. The molecule has 4 nitrogen and oxygen atoms in total. The zero-order chi connectivity index (χ0) is 16.3. The van der Waals surface area contributed by atoms with Crippen LogP contribution in [0, 0.1) is 0 Å². The molecule has 0 aliphatic carbocycles. The number of urea groups is 1. The van der Waals surface area contributed by atoms with Gasteiger partial charge in [0, 0.05) is 41.9 Å². The maximum absolute atomic E-state index is 12.3. The van der Waals surface area contributed by atoms with Crippen molar-refractivity contribution in [2.45, 2.75) is 45.7 Å². The second kappa shape index (κ2) is 7.27. The van der Waals surface area contributed by atoms with Crippen molar-refractivity contribution >= 4 is 16.8 Å². The SMILES string of the molecule is CC(C)c1cccc2c1CCN(C(=O)N[C@H](C)C[S@@](C)=O)C2. The third-order valence-electron chi connectivity index (χ3n) is 4.07. The Hall–Kier alpha value is -1.36. The Bertz CT molecular complexity index is 572. The van der Waals surface area contributed by atoms with E-state index < -0.39 is 10.8 Å². The second-order valence-electron chi connectivity index (χ2n) is 6.40. The van der Waals surface area contributed by atoms with Crippen molar-refractivity contribution in [1.82, 2.24) is 10.2 Å². The number of fused-ring (bicyclic) bond motifs is 1. The number of hydrogen-bond acceptors (Lipinski definition) is 2. The maximum Gasteiger partial charge on any atom is 0.317 e. The van der Waals surface area contributed by atoms with Crippen molar-refractivity contribution in [3.8, 4) is 0 Å². The molecule has 0 bridgehead atoms. The fourth-order valence-electron chi connectivity index (χ4n) is 3.05. The van der Waals surface area contributed by atoms with Gasteiger partial charge in [-0.2, -0.15) is 0 Å². The smallest absolute Gasteiger partial charge is 0.317 e. The Morgan fingerprint density at radius 3 is 2.73 bits per heavy atom. The van der Waals surface area contributed by atoms with Crippen LogP contribution in [-0.2, 0) is 23.8 Å². The van der Waals surface area contributed by atoms with E-state index >= 15 is 0 Å². The summed E-state index contributed by atoms with van der Waals surface area (Å²) in [6.45, 7) is 7.71. The molecule has 1 N–H and O–H groups in total. The van der Waals surface area contributed by atoms with Crippen LogP contribution in [0.25, 0.3) is 0 Å². The minimum absolute atomic E-state index is 0.0569. The fourth-order valence-corrected chi connectivity index (χ4v) is 3.84. The van der Waals surface area contributed by atoms with Crippen molar-refractivity contribution in [3.05, 3.63) is 34.9 Å². The minimum Gasteiger partial charge on any atom is -0.335 e. The van der Waals surface area contributed by atoms with Gasteiger partial charge >= 0.3 is 6.03 Å². The van der Waals surface area contributed by atoms with Gasteiger partial charge in [0.25, 0.3) is 0 Å². The quantitative estimate of drug-likeness (QED) is 0.926. The lowest BCUT2D eigenvalue weighted by Gasteiger charge is -2.31. The first kappa shape index (κ1) is 17.0. The number of nitrogens with one attached hydrogen (secondary N) is 1. The molecule has 0 spiro atoms. The molecule has 1 heterocycles. The molecule has 0 fully saturated rings. The maximum atomic E-state index is 12.3. The van der Waals surface area contributed by atoms with Gasteiger partial charge in [0.2, 0.25) is 0 Å². The van der Waals surface area contributed by atoms with Gasteiger partial charge in [0.05, 0.1) is 0 Å². The Balaban J connectivity index is 2.04. The second-order valence-corrected chi connectivity index (χ2v) is 7.88. The number of hydrogen-bond donors (Lipinski definition) is 1. The molecule has 2 amide bonds. The number of benzene rings is 1. The van der Waals surface area contributed by atoms with Crippen molar-refractivity contribution in [2.24, 2.45) is 0 Å². The number of nitrogens with zero attached hydrogens (tertiary/aromatic N) is 1. The first-order chi connectivity index (χ1) is 10.4. The summed E-state index contributed by atoms with van der Waals surface area (Å²) in [6.07, 6.45) is 2.57. The Labute approximate surface area is 135 Å². The molecule has 1 aliphatic heterocycles. The lowest BCUT2D eigenvalue weighted by molar-refractivity contribution is 0.190. The summed E-state index contributed by atoms with van der Waals surface area (Å²) >= 11 is 0. The number of carbonyl (C=O) groups is 1. The van der Waals surface area contributed by atoms with E-state index in [9.17, 15) is 9.00 Å². The van der Waals surface area contributed by atoms with Crippen LogP contribution in [0.5, 0.6) is 0 Å². The van der Waals surface area contributed by atoms with Gasteiger partial charge in [0.1, 0.15) is 0 Å². The summed E-state index contributed by atoms with van der Waals surface area (Å²) in [6, 6.07) is 6.27. The molecule has 2 rings (SSSR count). The van der Waals surface area contributed by atoms with E-state index in [-0.39, 0.29) is 12.1 Å². The van der Waals surface area contributed by atoms with Crippen LogP contribution in [-0.4, -0.2) is 39.7 Å². The molecule has 0 saturated heterocycles. The van der Waals surface area contributed by atoms with Gasteiger partial charge in [0.15, 0.2) is 0 Å². The molecule has 0 aromatic heterocycles. The summed E-state index contributed by atoms with van der Waals surface area (Å²) in [5.41, 5.74) is 4.05. The van der Waals surface area contributed by atoms with Crippen LogP contribution in [0.1, 0.15) is 43.4 Å². The first-order valence-corrected chi connectivity index (χ1v) is 9.57. The molecule has 1 aromatic rings. The van der Waals surface area contributed by atoms with E-state index in [4.69, 9.17) is 0 Å².